The molecule has 5 nitrogen and oxygen atoms in total. The van der Waals surface area contributed by atoms with E-state index in [4.69, 9.17) is 4.74 Å². The zero-order valence-electron chi connectivity index (χ0n) is 15.1. The van der Waals surface area contributed by atoms with Gasteiger partial charge >= 0.3 is 5.97 Å². The van der Waals surface area contributed by atoms with E-state index in [9.17, 15) is 4.79 Å². The van der Waals surface area contributed by atoms with Crippen molar-refractivity contribution in [2.75, 3.05) is 25.0 Å². The SMILES string of the molecule is CCOC(=O)/C=C/c1ccc(N[C@H]2CCN(Cc3ccccc3)C2)nc1. The van der Waals surface area contributed by atoms with Gasteiger partial charge in [-0.25, -0.2) is 9.78 Å². The van der Waals surface area contributed by atoms with Crippen molar-refractivity contribution in [2.24, 2.45) is 0 Å². The first-order chi connectivity index (χ1) is 12.7. The molecule has 1 aliphatic rings. The molecule has 5 heteroatoms. The minimum absolute atomic E-state index is 0.334. The Labute approximate surface area is 154 Å². The van der Waals surface area contributed by atoms with Crippen molar-refractivity contribution in [3.63, 3.8) is 0 Å². The number of carbonyl (C=O) groups is 1. The summed E-state index contributed by atoms with van der Waals surface area (Å²) >= 11 is 0. The van der Waals surface area contributed by atoms with Gasteiger partial charge in [-0.2, -0.15) is 0 Å². The second-order valence-electron chi connectivity index (χ2n) is 6.41. The number of pyridine rings is 1. The van der Waals surface area contributed by atoms with Crippen molar-refractivity contribution >= 4 is 17.9 Å². The molecular weight excluding hydrogens is 326 g/mol. The average molecular weight is 351 g/mol. The fourth-order valence-corrected chi connectivity index (χ4v) is 3.09. The van der Waals surface area contributed by atoms with Crippen LogP contribution in [0.2, 0.25) is 0 Å². The molecule has 26 heavy (non-hydrogen) atoms. The van der Waals surface area contributed by atoms with Crippen molar-refractivity contribution in [3.05, 3.63) is 65.9 Å². The normalized spacial score (nSPS) is 17.5. The first-order valence-corrected chi connectivity index (χ1v) is 9.06. The Hall–Kier alpha value is -2.66. The monoisotopic (exact) mass is 351 g/mol. The molecule has 1 aromatic carbocycles. The summed E-state index contributed by atoms with van der Waals surface area (Å²) in [5.74, 6) is 0.531. The summed E-state index contributed by atoms with van der Waals surface area (Å²) in [7, 11) is 0. The van der Waals surface area contributed by atoms with Crippen LogP contribution in [0, 0.1) is 0 Å². The fraction of sp³-hybridized carbons (Fsp3) is 0.333. The van der Waals surface area contributed by atoms with Crippen LogP contribution in [0.25, 0.3) is 6.08 Å². The second kappa shape index (κ2) is 9.15. The van der Waals surface area contributed by atoms with Gasteiger partial charge in [0.15, 0.2) is 0 Å². The van der Waals surface area contributed by atoms with Gasteiger partial charge in [-0.1, -0.05) is 30.3 Å². The first-order valence-electron chi connectivity index (χ1n) is 9.06. The van der Waals surface area contributed by atoms with Gasteiger partial charge in [-0.3, -0.25) is 4.90 Å². The van der Waals surface area contributed by atoms with Crippen LogP contribution in [0.1, 0.15) is 24.5 Å². The molecule has 1 atom stereocenters. The lowest BCUT2D eigenvalue weighted by Gasteiger charge is -2.17. The maximum Gasteiger partial charge on any atom is 0.330 e. The Morgan fingerprint density at radius 1 is 1.31 bits per heavy atom. The van der Waals surface area contributed by atoms with Crippen molar-refractivity contribution < 1.29 is 9.53 Å². The zero-order valence-corrected chi connectivity index (χ0v) is 15.1. The second-order valence-corrected chi connectivity index (χ2v) is 6.41. The van der Waals surface area contributed by atoms with E-state index >= 15 is 0 Å². The highest BCUT2D eigenvalue weighted by Gasteiger charge is 2.22. The van der Waals surface area contributed by atoms with E-state index in [1.54, 1.807) is 19.2 Å². The molecule has 0 aliphatic carbocycles. The van der Waals surface area contributed by atoms with Gasteiger partial charge < -0.3 is 10.1 Å². The molecule has 1 aliphatic heterocycles. The number of hydrogen-bond donors (Lipinski definition) is 1. The van der Waals surface area contributed by atoms with Crippen molar-refractivity contribution in [1.82, 2.24) is 9.88 Å². The van der Waals surface area contributed by atoms with Gasteiger partial charge in [-0.05, 0) is 42.7 Å². The van der Waals surface area contributed by atoms with E-state index in [1.165, 1.54) is 11.6 Å². The highest BCUT2D eigenvalue weighted by atomic mass is 16.5. The fourth-order valence-electron chi connectivity index (χ4n) is 3.09. The lowest BCUT2D eigenvalue weighted by molar-refractivity contribution is -0.137. The molecule has 2 aromatic rings. The molecule has 0 bridgehead atoms. The minimum Gasteiger partial charge on any atom is -0.463 e. The van der Waals surface area contributed by atoms with Gasteiger partial charge in [0.05, 0.1) is 6.61 Å². The van der Waals surface area contributed by atoms with Gasteiger partial charge in [-0.15, -0.1) is 0 Å². The van der Waals surface area contributed by atoms with Crippen LogP contribution in [0.15, 0.2) is 54.7 Å². The molecule has 0 spiro atoms. The maximum absolute atomic E-state index is 11.3. The molecule has 0 unspecified atom stereocenters. The Morgan fingerprint density at radius 3 is 2.88 bits per heavy atom. The molecule has 1 saturated heterocycles. The highest BCUT2D eigenvalue weighted by molar-refractivity contribution is 5.86. The highest BCUT2D eigenvalue weighted by Crippen LogP contribution is 2.17. The molecule has 1 N–H and O–H groups in total. The first kappa shape index (κ1) is 18.1. The van der Waals surface area contributed by atoms with E-state index in [2.05, 4.69) is 45.5 Å². The number of aromatic nitrogens is 1. The number of nitrogens with one attached hydrogen (secondary N) is 1. The Balaban J connectivity index is 1.48. The van der Waals surface area contributed by atoms with E-state index < -0.39 is 0 Å². The molecule has 1 aromatic heterocycles. The van der Waals surface area contributed by atoms with E-state index in [0.717, 1.165) is 37.4 Å². The average Bonchev–Trinajstić information content (AvgIpc) is 3.09. The van der Waals surface area contributed by atoms with E-state index in [-0.39, 0.29) is 5.97 Å². The molecule has 0 saturated carbocycles. The van der Waals surface area contributed by atoms with Crippen LogP contribution in [0.5, 0.6) is 0 Å². The Kier molecular flexibility index (Phi) is 6.39. The summed E-state index contributed by atoms with van der Waals surface area (Å²) in [5.41, 5.74) is 2.23. The third kappa shape index (κ3) is 5.43. The van der Waals surface area contributed by atoms with Crippen LogP contribution in [0.3, 0.4) is 0 Å². The van der Waals surface area contributed by atoms with Crippen molar-refractivity contribution in [1.29, 1.82) is 0 Å². The number of ether oxygens (including phenoxy) is 1. The molecule has 2 heterocycles. The summed E-state index contributed by atoms with van der Waals surface area (Å²) in [4.78, 5) is 18.2. The summed E-state index contributed by atoms with van der Waals surface area (Å²) < 4.78 is 4.87. The Morgan fingerprint density at radius 2 is 2.15 bits per heavy atom. The number of rotatable bonds is 7. The summed E-state index contributed by atoms with van der Waals surface area (Å²) in [6.45, 7) is 5.27. The largest absolute Gasteiger partial charge is 0.463 e. The number of carbonyl (C=O) groups excluding carboxylic acids is 1. The van der Waals surface area contributed by atoms with Crippen LogP contribution in [-0.4, -0.2) is 41.6 Å². The molecule has 136 valence electrons. The smallest absolute Gasteiger partial charge is 0.330 e. The topological polar surface area (TPSA) is 54.5 Å². The van der Waals surface area contributed by atoms with E-state index in [1.807, 2.05) is 12.1 Å². The predicted molar refractivity (Wildman–Crippen MR) is 104 cm³/mol. The molecular formula is C21H25N3O2. The summed E-state index contributed by atoms with van der Waals surface area (Å²) in [6.07, 6.45) is 6.01. The van der Waals surface area contributed by atoms with Crippen LogP contribution in [0.4, 0.5) is 5.82 Å². The summed E-state index contributed by atoms with van der Waals surface area (Å²) in [5, 5.41) is 3.50. The van der Waals surface area contributed by atoms with Crippen LogP contribution in [-0.2, 0) is 16.1 Å². The number of anilines is 1. The van der Waals surface area contributed by atoms with E-state index in [0.29, 0.717) is 12.6 Å². The number of nitrogens with zero attached hydrogens (tertiary/aromatic N) is 2. The lowest BCUT2D eigenvalue weighted by atomic mass is 10.2. The van der Waals surface area contributed by atoms with Crippen LogP contribution >= 0.6 is 0 Å². The molecule has 0 amide bonds. The number of hydrogen-bond acceptors (Lipinski definition) is 5. The minimum atomic E-state index is -0.334. The van der Waals surface area contributed by atoms with Gasteiger partial charge in [0.1, 0.15) is 5.82 Å². The zero-order chi connectivity index (χ0) is 18.2. The quantitative estimate of drug-likeness (QED) is 0.612. The molecule has 0 radical (unpaired) electrons. The third-order valence-electron chi connectivity index (χ3n) is 4.36. The van der Waals surface area contributed by atoms with Crippen molar-refractivity contribution in [3.8, 4) is 0 Å². The summed E-state index contributed by atoms with van der Waals surface area (Å²) in [6, 6.07) is 14.9. The maximum atomic E-state index is 11.3. The number of benzene rings is 1. The van der Waals surface area contributed by atoms with Gasteiger partial charge in [0.25, 0.3) is 0 Å². The molecule has 1 fully saturated rings. The lowest BCUT2D eigenvalue weighted by Crippen LogP contribution is -2.26. The van der Waals surface area contributed by atoms with Crippen molar-refractivity contribution in [2.45, 2.75) is 25.9 Å². The molecule has 3 rings (SSSR count). The third-order valence-corrected chi connectivity index (χ3v) is 4.36. The van der Waals surface area contributed by atoms with Gasteiger partial charge in [0.2, 0.25) is 0 Å². The number of likely N-dealkylation sites (tertiary alicyclic amines) is 1. The predicted octanol–water partition coefficient (Wildman–Crippen LogP) is 3.34. The Bertz CT molecular complexity index is 729. The van der Waals surface area contributed by atoms with Gasteiger partial charge in [0, 0.05) is 37.9 Å². The van der Waals surface area contributed by atoms with Crippen LogP contribution < -0.4 is 5.32 Å². The number of esters is 1. The standard InChI is InChI=1S/C21H25N3O2/c1-2-26-21(25)11-9-17-8-10-20(22-14-17)23-19-12-13-24(16-19)15-18-6-4-3-5-7-18/h3-11,14,19H,2,12-13,15-16H2,1H3,(H,22,23)/b11-9+/t19-/m0/s1.